The van der Waals surface area contributed by atoms with Gasteiger partial charge in [0.15, 0.2) is 0 Å². The summed E-state index contributed by atoms with van der Waals surface area (Å²) in [5.74, 6) is 2.19. The van der Waals surface area contributed by atoms with E-state index in [9.17, 15) is 4.79 Å². The zero-order valence-corrected chi connectivity index (χ0v) is 17.5. The maximum atomic E-state index is 13.0. The van der Waals surface area contributed by atoms with E-state index in [1.807, 2.05) is 48.3 Å². The molecule has 7 nitrogen and oxygen atoms in total. The molecule has 1 heterocycles. The van der Waals surface area contributed by atoms with Crippen LogP contribution in [0.4, 0.5) is 5.69 Å². The Labute approximate surface area is 172 Å². The number of hydrogen-bond donors (Lipinski definition) is 1. The third kappa shape index (κ3) is 4.74. The van der Waals surface area contributed by atoms with Gasteiger partial charge in [0.2, 0.25) is 0 Å². The van der Waals surface area contributed by atoms with E-state index in [1.54, 1.807) is 21.3 Å². The summed E-state index contributed by atoms with van der Waals surface area (Å²) in [5, 5.41) is 3.06. The molecule has 0 bridgehead atoms. The molecular formula is C22H29N3O4. The Balaban J connectivity index is 1.63. The minimum atomic E-state index is 0.00572. The second kappa shape index (κ2) is 9.52. The highest BCUT2D eigenvalue weighted by molar-refractivity contribution is 5.97. The summed E-state index contributed by atoms with van der Waals surface area (Å²) >= 11 is 0. The second-order valence-corrected chi connectivity index (χ2v) is 6.91. The van der Waals surface area contributed by atoms with Crippen LogP contribution in [0.3, 0.4) is 0 Å². The fourth-order valence-corrected chi connectivity index (χ4v) is 3.53. The minimum Gasteiger partial charge on any atom is -0.497 e. The van der Waals surface area contributed by atoms with Gasteiger partial charge in [-0.3, -0.25) is 9.69 Å². The molecule has 1 amide bonds. The normalized spacial score (nSPS) is 14.4. The molecule has 1 aliphatic rings. The van der Waals surface area contributed by atoms with Gasteiger partial charge in [-0.05, 0) is 18.2 Å². The summed E-state index contributed by atoms with van der Waals surface area (Å²) in [6.07, 6.45) is 0. The number of methoxy groups -OCH3 is 3. The Bertz CT molecular complexity index is 848. The van der Waals surface area contributed by atoms with Crippen molar-refractivity contribution < 1.29 is 19.0 Å². The lowest BCUT2D eigenvalue weighted by Crippen LogP contribution is -2.48. The number of carbonyl (C=O) groups is 1. The van der Waals surface area contributed by atoms with Crippen molar-refractivity contribution in [2.24, 2.45) is 0 Å². The molecule has 0 spiro atoms. The first kappa shape index (κ1) is 20.8. The van der Waals surface area contributed by atoms with Crippen molar-refractivity contribution in [2.45, 2.75) is 6.54 Å². The Morgan fingerprint density at radius 1 is 0.931 bits per heavy atom. The van der Waals surface area contributed by atoms with E-state index >= 15 is 0 Å². The number of nitrogens with one attached hydrogen (secondary N) is 1. The zero-order valence-electron chi connectivity index (χ0n) is 17.5. The first-order chi connectivity index (χ1) is 14.1. The number of hydrogen-bond acceptors (Lipinski definition) is 6. The molecule has 1 fully saturated rings. The third-order valence-corrected chi connectivity index (χ3v) is 5.27. The van der Waals surface area contributed by atoms with Crippen LogP contribution in [-0.4, -0.2) is 70.3 Å². The third-order valence-electron chi connectivity index (χ3n) is 5.27. The van der Waals surface area contributed by atoms with E-state index in [0.29, 0.717) is 24.4 Å². The number of nitrogens with zero attached hydrogens (tertiary/aromatic N) is 2. The minimum absolute atomic E-state index is 0.00572. The average molecular weight is 399 g/mol. The predicted molar refractivity (Wildman–Crippen MR) is 113 cm³/mol. The topological polar surface area (TPSA) is 63.3 Å². The molecule has 1 aliphatic heterocycles. The van der Waals surface area contributed by atoms with Crippen molar-refractivity contribution in [1.29, 1.82) is 0 Å². The predicted octanol–water partition coefficient (Wildman–Crippen LogP) is 2.71. The summed E-state index contributed by atoms with van der Waals surface area (Å²) in [6, 6.07) is 11.4. The monoisotopic (exact) mass is 399 g/mol. The standard InChI is InChI=1S/C22H29N3O4/c1-23-17-6-8-19(21(13-17)29-4)22(26)25-11-9-24(10-12-25)15-16-5-7-18(27-2)14-20(16)28-3/h5-8,13-14,23H,9-12,15H2,1-4H3. The average Bonchev–Trinajstić information content (AvgIpc) is 2.78. The largest absolute Gasteiger partial charge is 0.497 e. The highest BCUT2D eigenvalue weighted by atomic mass is 16.5. The van der Waals surface area contributed by atoms with E-state index in [0.717, 1.165) is 42.4 Å². The quantitative estimate of drug-likeness (QED) is 0.772. The van der Waals surface area contributed by atoms with Crippen LogP contribution < -0.4 is 19.5 Å². The van der Waals surface area contributed by atoms with Gasteiger partial charge < -0.3 is 24.4 Å². The lowest BCUT2D eigenvalue weighted by molar-refractivity contribution is 0.0624. The number of piperazine rings is 1. The highest BCUT2D eigenvalue weighted by Crippen LogP contribution is 2.27. The highest BCUT2D eigenvalue weighted by Gasteiger charge is 2.25. The molecule has 0 radical (unpaired) electrons. The van der Waals surface area contributed by atoms with Crippen molar-refractivity contribution in [3.8, 4) is 17.2 Å². The number of benzene rings is 2. The molecule has 0 atom stereocenters. The molecule has 2 aromatic carbocycles. The fraction of sp³-hybridized carbons (Fsp3) is 0.409. The Kier molecular flexibility index (Phi) is 6.82. The smallest absolute Gasteiger partial charge is 0.257 e. The van der Waals surface area contributed by atoms with E-state index < -0.39 is 0 Å². The summed E-state index contributed by atoms with van der Waals surface area (Å²) in [5.41, 5.74) is 2.62. The van der Waals surface area contributed by atoms with Gasteiger partial charge in [-0.2, -0.15) is 0 Å². The molecular weight excluding hydrogens is 370 g/mol. The van der Waals surface area contributed by atoms with Gasteiger partial charge in [0.05, 0.1) is 26.9 Å². The van der Waals surface area contributed by atoms with Crippen molar-refractivity contribution in [3.05, 3.63) is 47.5 Å². The molecule has 1 N–H and O–H groups in total. The van der Waals surface area contributed by atoms with Gasteiger partial charge >= 0.3 is 0 Å². The first-order valence-corrected chi connectivity index (χ1v) is 9.68. The van der Waals surface area contributed by atoms with Crippen LogP contribution in [0.15, 0.2) is 36.4 Å². The molecule has 1 saturated heterocycles. The zero-order chi connectivity index (χ0) is 20.8. The van der Waals surface area contributed by atoms with Crippen LogP contribution in [0.5, 0.6) is 17.2 Å². The van der Waals surface area contributed by atoms with E-state index in [2.05, 4.69) is 10.2 Å². The van der Waals surface area contributed by atoms with Crippen molar-refractivity contribution >= 4 is 11.6 Å². The Hall–Kier alpha value is -2.93. The van der Waals surface area contributed by atoms with Gasteiger partial charge in [0, 0.05) is 63.2 Å². The maximum Gasteiger partial charge on any atom is 0.257 e. The Morgan fingerprint density at radius 3 is 2.28 bits per heavy atom. The summed E-state index contributed by atoms with van der Waals surface area (Å²) < 4.78 is 16.2. The van der Waals surface area contributed by atoms with Crippen molar-refractivity contribution in [3.63, 3.8) is 0 Å². The number of carbonyl (C=O) groups excluding carboxylic acids is 1. The molecule has 29 heavy (non-hydrogen) atoms. The van der Waals surface area contributed by atoms with Crippen LogP contribution >= 0.6 is 0 Å². The van der Waals surface area contributed by atoms with Gasteiger partial charge in [-0.25, -0.2) is 0 Å². The van der Waals surface area contributed by atoms with Gasteiger partial charge in [0.1, 0.15) is 17.2 Å². The van der Waals surface area contributed by atoms with Gasteiger partial charge in [-0.1, -0.05) is 6.07 Å². The summed E-state index contributed by atoms with van der Waals surface area (Å²) in [4.78, 5) is 17.2. The molecule has 0 saturated carbocycles. The number of ether oxygens (including phenoxy) is 3. The number of rotatable bonds is 7. The first-order valence-electron chi connectivity index (χ1n) is 9.68. The SMILES string of the molecule is CNc1ccc(C(=O)N2CCN(Cc3ccc(OC)cc3OC)CC2)c(OC)c1. The van der Waals surface area contributed by atoms with Gasteiger partial charge in [0.25, 0.3) is 5.91 Å². The molecule has 7 heteroatoms. The fourth-order valence-electron chi connectivity index (χ4n) is 3.53. The Morgan fingerprint density at radius 2 is 1.66 bits per heavy atom. The van der Waals surface area contributed by atoms with Crippen LogP contribution in [0, 0.1) is 0 Å². The van der Waals surface area contributed by atoms with E-state index in [4.69, 9.17) is 14.2 Å². The molecule has 0 aromatic heterocycles. The van der Waals surface area contributed by atoms with Crippen LogP contribution in [-0.2, 0) is 6.54 Å². The van der Waals surface area contributed by atoms with Crippen LogP contribution in [0.2, 0.25) is 0 Å². The molecule has 0 aliphatic carbocycles. The molecule has 0 unspecified atom stereocenters. The van der Waals surface area contributed by atoms with Gasteiger partial charge in [-0.15, -0.1) is 0 Å². The molecule has 3 rings (SSSR count). The van der Waals surface area contributed by atoms with Crippen LogP contribution in [0.25, 0.3) is 0 Å². The summed E-state index contributed by atoms with van der Waals surface area (Å²) in [6.45, 7) is 3.73. The lowest BCUT2D eigenvalue weighted by Gasteiger charge is -2.35. The second-order valence-electron chi connectivity index (χ2n) is 6.91. The lowest BCUT2D eigenvalue weighted by atomic mass is 10.1. The van der Waals surface area contributed by atoms with Crippen molar-refractivity contribution in [1.82, 2.24) is 9.80 Å². The molecule has 156 valence electrons. The van der Waals surface area contributed by atoms with E-state index in [1.165, 1.54) is 0 Å². The number of anilines is 1. The van der Waals surface area contributed by atoms with Crippen LogP contribution in [0.1, 0.15) is 15.9 Å². The maximum absolute atomic E-state index is 13.0. The van der Waals surface area contributed by atoms with Crippen molar-refractivity contribution in [2.75, 3.05) is 59.9 Å². The molecule has 2 aromatic rings. The summed E-state index contributed by atoms with van der Waals surface area (Å²) in [7, 11) is 6.74. The van der Waals surface area contributed by atoms with E-state index in [-0.39, 0.29) is 5.91 Å². The number of amides is 1.